The Morgan fingerprint density at radius 1 is 0.804 bits per heavy atom. The van der Waals surface area contributed by atoms with Gasteiger partial charge in [0.1, 0.15) is 8.42 Å². The van der Waals surface area contributed by atoms with Gasteiger partial charge in [-0.2, -0.15) is 20.5 Å². The van der Waals surface area contributed by atoms with Crippen molar-refractivity contribution in [1.29, 1.82) is 0 Å². The van der Waals surface area contributed by atoms with Crippen molar-refractivity contribution in [2.24, 2.45) is 0 Å². The van der Waals surface area contributed by atoms with Crippen LogP contribution in [0, 0.1) is 13.8 Å². The lowest BCUT2D eigenvalue weighted by Gasteiger charge is -2.24. The molecular weight excluding hydrogens is 706 g/mol. The monoisotopic (exact) mass is 735 g/mol. The molecule has 46 heavy (non-hydrogen) atoms. The molecule has 1 atom stereocenters. The second-order valence-corrected chi connectivity index (χ2v) is 18.4. The Labute approximate surface area is 286 Å². The molecule has 0 fully saturated rings. The molecule has 0 saturated heterocycles. The van der Waals surface area contributed by atoms with Crippen LogP contribution in [-0.4, -0.2) is 54.0 Å². The first-order chi connectivity index (χ1) is 21.7. The van der Waals surface area contributed by atoms with Gasteiger partial charge in [-0.1, -0.05) is 29.3 Å². The molecule has 0 spiro atoms. The molecule has 8 nitrogen and oxygen atoms in total. The van der Waals surface area contributed by atoms with Crippen LogP contribution in [0.5, 0.6) is 0 Å². The number of anilines is 1. The second-order valence-electron chi connectivity index (χ2n) is 11.2. The van der Waals surface area contributed by atoms with E-state index in [1.807, 2.05) is 32.1 Å². The normalized spacial score (nSPS) is 13.4. The number of likely N-dealkylation sites (N-methyl/N-ethyl adjacent to an activating group) is 1. The molecular formula is C32H31Cl2N3O5S4. The van der Waals surface area contributed by atoms with Crippen LogP contribution >= 0.6 is 45.9 Å². The van der Waals surface area contributed by atoms with Crippen molar-refractivity contribution in [2.45, 2.75) is 35.3 Å². The third-order valence-electron chi connectivity index (χ3n) is 7.77. The fourth-order valence-corrected chi connectivity index (χ4v) is 13.5. The van der Waals surface area contributed by atoms with Crippen LogP contribution < -0.4 is 3.71 Å². The van der Waals surface area contributed by atoms with E-state index in [0.29, 0.717) is 63.7 Å². The number of thiophene rings is 2. The zero-order valence-electron chi connectivity index (χ0n) is 25.6. The summed E-state index contributed by atoms with van der Waals surface area (Å²) in [4.78, 5) is 5.24. The maximum atomic E-state index is 14.7. The standard InChI is InChI=1S/C32H31Cl2N3O5S4/c1-6-42-28(17-36(4)5)26-16-35-27-15-22(9-10-23(26)27)37(45(38,39)31-18(2)24-13-20(33)7-11-29(24)43-31)46(40,41)32-19(3)25-14-21(34)8-12-30(25)44-32/h7-16,28,35H,6,17H2,1-5H3. The van der Waals surface area contributed by atoms with Crippen LogP contribution in [0.3, 0.4) is 0 Å². The quantitative estimate of drug-likeness (QED) is 0.151. The van der Waals surface area contributed by atoms with Crippen molar-refractivity contribution < 1.29 is 21.6 Å². The van der Waals surface area contributed by atoms with Gasteiger partial charge >= 0.3 is 0 Å². The third-order valence-corrected chi connectivity index (χ3v) is 16.2. The minimum absolute atomic E-state index is 0.0220. The fourth-order valence-electron chi connectivity index (χ4n) is 5.68. The number of hydrogen-bond acceptors (Lipinski definition) is 8. The smallest absolute Gasteiger partial charge is 0.287 e. The van der Waals surface area contributed by atoms with Crippen molar-refractivity contribution in [2.75, 3.05) is 31.0 Å². The van der Waals surface area contributed by atoms with Gasteiger partial charge in [0, 0.05) is 55.3 Å². The summed E-state index contributed by atoms with van der Waals surface area (Å²) in [5.74, 6) is 0. The predicted octanol–water partition coefficient (Wildman–Crippen LogP) is 8.74. The molecule has 3 aromatic carbocycles. The Hall–Kier alpha value is -2.68. The number of rotatable bonds is 10. The number of hydrogen-bond donors (Lipinski definition) is 1. The molecule has 0 radical (unpaired) electrons. The van der Waals surface area contributed by atoms with E-state index in [4.69, 9.17) is 27.9 Å². The highest BCUT2D eigenvalue weighted by Gasteiger charge is 2.41. The van der Waals surface area contributed by atoms with E-state index in [0.717, 1.165) is 33.6 Å². The topological polar surface area (TPSA) is 99.8 Å². The summed E-state index contributed by atoms with van der Waals surface area (Å²) in [7, 11) is -5.43. The molecule has 6 rings (SSSR count). The summed E-state index contributed by atoms with van der Waals surface area (Å²) >= 11 is 14.5. The van der Waals surface area contributed by atoms with Gasteiger partial charge in [-0.05, 0) is 105 Å². The molecule has 242 valence electrons. The zero-order chi connectivity index (χ0) is 33.1. The summed E-state index contributed by atoms with van der Waals surface area (Å²) in [5, 5.41) is 3.00. The molecule has 3 aromatic heterocycles. The van der Waals surface area contributed by atoms with Crippen molar-refractivity contribution in [3.8, 4) is 0 Å². The largest absolute Gasteiger partial charge is 0.372 e. The number of benzene rings is 3. The number of aromatic nitrogens is 1. The van der Waals surface area contributed by atoms with Gasteiger partial charge < -0.3 is 14.6 Å². The Morgan fingerprint density at radius 3 is 1.85 bits per heavy atom. The van der Waals surface area contributed by atoms with E-state index < -0.39 is 20.0 Å². The molecule has 0 aliphatic carbocycles. The predicted molar refractivity (Wildman–Crippen MR) is 191 cm³/mol. The van der Waals surface area contributed by atoms with E-state index in [1.165, 1.54) is 6.07 Å². The van der Waals surface area contributed by atoms with E-state index in [9.17, 15) is 16.8 Å². The molecule has 14 heteroatoms. The average Bonchev–Trinajstić information content (AvgIpc) is 3.66. The summed E-state index contributed by atoms with van der Waals surface area (Å²) < 4.78 is 66.7. The van der Waals surface area contributed by atoms with Crippen LogP contribution in [0.2, 0.25) is 10.0 Å². The molecule has 3 heterocycles. The second kappa shape index (κ2) is 12.4. The van der Waals surface area contributed by atoms with Crippen molar-refractivity contribution in [1.82, 2.24) is 9.88 Å². The third kappa shape index (κ3) is 5.73. The van der Waals surface area contributed by atoms with Crippen LogP contribution in [0.25, 0.3) is 31.1 Å². The highest BCUT2D eigenvalue weighted by Crippen LogP contribution is 2.44. The van der Waals surface area contributed by atoms with Gasteiger partial charge in [0.15, 0.2) is 0 Å². The Morgan fingerprint density at radius 2 is 1.35 bits per heavy atom. The van der Waals surface area contributed by atoms with Crippen LogP contribution in [0.15, 0.2) is 69.2 Å². The van der Waals surface area contributed by atoms with Gasteiger partial charge in [0.2, 0.25) is 0 Å². The van der Waals surface area contributed by atoms with Crippen LogP contribution in [0.4, 0.5) is 5.69 Å². The molecule has 0 aliphatic rings. The lowest BCUT2D eigenvalue weighted by Crippen LogP contribution is -2.36. The highest BCUT2D eigenvalue weighted by atomic mass is 35.5. The number of ether oxygens (including phenoxy) is 1. The van der Waals surface area contributed by atoms with Gasteiger partial charge in [0.05, 0.1) is 11.8 Å². The SMILES string of the molecule is CCOC(CN(C)C)c1c[nH]c2cc(N(S(=O)(=O)c3sc4ccc(Cl)cc4c3C)S(=O)(=O)c3sc4ccc(Cl)cc4c3C)ccc12. The Bertz CT molecular complexity index is 2230. The van der Waals surface area contributed by atoms with E-state index in [-0.39, 0.29) is 20.2 Å². The van der Waals surface area contributed by atoms with Gasteiger partial charge in [-0.15, -0.1) is 22.7 Å². The maximum absolute atomic E-state index is 14.7. The molecule has 1 N–H and O–H groups in total. The molecule has 1 unspecified atom stereocenters. The fraction of sp³-hybridized carbons (Fsp3) is 0.250. The zero-order valence-corrected chi connectivity index (χ0v) is 30.4. The van der Waals surface area contributed by atoms with Gasteiger partial charge in [0.25, 0.3) is 20.0 Å². The number of aryl methyl sites for hydroxylation is 2. The van der Waals surface area contributed by atoms with Crippen molar-refractivity contribution in [3.63, 3.8) is 0 Å². The summed E-state index contributed by atoms with van der Waals surface area (Å²) in [6.45, 7) is 6.39. The average molecular weight is 737 g/mol. The minimum atomic E-state index is -4.67. The first kappa shape index (κ1) is 33.2. The minimum Gasteiger partial charge on any atom is -0.372 e. The Balaban J connectivity index is 1.58. The van der Waals surface area contributed by atoms with Crippen molar-refractivity contribution in [3.05, 3.63) is 87.5 Å². The summed E-state index contributed by atoms with van der Waals surface area (Å²) in [6.07, 6.45) is 1.58. The number of halogens is 2. The van der Waals surface area contributed by atoms with Crippen molar-refractivity contribution >= 4 is 103 Å². The van der Waals surface area contributed by atoms with Gasteiger partial charge in [-0.3, -0.25) is 0 Å². The number of fused-ring (bicyclic) bond motifs is 3. The number of H-pyrrole nitrogens is 1. The Kier molecular flexibility index (Phi) is 8.96. The number of aromatic amines is 1. The molecule has 6 aromatic rings. The first-order valence-corrected chi connectivity index (χ1v) is 19.6. The lowest BCUT2D eigenvalue weighted by molar-refractivity contribution is 0.0444. The number of nitrogens with zero attached hydrogens (tertiary/aromatic N) is 2. The van der Waals surface area contributed by atoms with Gasteiger partial charge in [-0.25, -0.2) is 0 Å². The van der Waals surface area contributed by atoms with E-state index >= 15 is 0 Å². The summed E-state index contributed by atoms with van der Waals surface area (Å²) in [6, 6.07) is 15.1. The van der Waals surface area contributed by atoms with Crippen LogP contribution in [0.1, 0.15) is 29.7 Å². The maximum Gasteiger partial charge on any atom is 0.287 e. The lowest BCUT2D eigenvalue weighted by atomic mass is 10.1. The number of sulfonamides is 2. The molecule has 0 aliphatic heterocycles. The molecule has 0 amide bonds. The number of nitrogens with one attached hydrogen (secondary N) is 1. The molecule has 0 bridgehead atoms. The van der Waals surface area contributed by atoms with E-state index in [1.54, 1.807) is 62.4 Å². The molecule has 0 saturated carbocycles. The first-order valence-electron chi connectivity index (χ1n) is 14.3. The van der Waals surface area contributed by atoms with Crippen LogP contribution in [-0.2, 0) is 24.8 Å². The summed E-state index contributed by atoms with van der Waals surface area (Å²) in [5.41, 5.74) is 2.30. The van der Waals surface area contributed by atoms with E-state index in [2.05, 4.69) is 4.98 Å². The highest BCUT2D eigenvalue weighted by molar-refractivity contribution is 8.11.